The van der Waals surface area contributed by atoms with Crippen LogP contribution in [0.4, 0.5) is 5.95 Å². The second-order valence-corrected chi connectivity index (χ2v) is 5.00. The molecular weight excluding hydrogens is 240 g/mol. The monoisotopic (exact) mass is 258 g/mol. The molecular formula is C14H18N4O. The van der Waals surface area contributed by atoms with E-state index in [0.717, 1.165) is 29.8 Å². The first-order valence-corrected chi connectivity index (χ1v) is 6.69. The molecule has 0 atom stereocenters. The summed E-state index contributed by atoms with van der Waals surface area (Å²) in [5.74, 6) is 0.925. The van der Waals surface area contributed by atoms with Crippen LogP contribution in [0.2, 0.25) is 0 Å². The summed E-state index contributed by atoms with van der Waals surface area (Å²) in [7, 11) is 1.97. The third kappa shape index (κ3) is 2.70. The fourth-order valence-corrected chi connectivity index (χ4v) is 2.12. The molecule has 0 spiro atoms. The van der Waals surface area contributed by atoms with E-state index in [0.29, 0.717) is 19.0 Å². The van der Waals surface area contributed by atoms with Gasteiger partial charge in [-0.15, -0.1) is 0 Å². The number of rotatable bonds is 5. The van der Waals surface area contributed by atoms with Crippen LogP contribution in [0.5, 0.6) is 0 Å². The Morgan fingerprint density at radius 1 is 1.42 bits per heavy atom. The molecule has 0 aliphatic heterocycles. The van der Waals surface area contributed by atoms with Crippen molar-refractivity contribution in [1.82, 2.24) is 14.9 Å². The van der Waals surface area contributed by atoms with Crippen LogP contribution in [0.3, 0.4) is 0 Å². The van der Waals surface area contributed by atoms with Crippen molar-refractivity contribution in [2.24, 2.45) is 7.05 Å². The van der Waals surface area contributed by atoms with Crippen LogP contribution >= 0.6 is 0 Å². The predicted octanol–water partition coefficient (Wildman–Crippen LogP) is 1.65. The van der Waals surface area contributed by atoms with E-state index in [4.69, 9.17) is 0 Å². The molecule has 19 heavy (non-hydrogen) atoms. The van der Waals surface area contributed by atoms with E-state index in [2.05, 4.69) is 15.6 Å². The summed E-state index contributed by atoms with van der Waals surface area (Å²) in [6.45, 7) is 0.607. The van der Waals surface area contributed by atoms with E-state index in [-0.39, 0.29) is 5.91 Å². The lowest BCUT2D eigenvalue weighted by Gasteiger charge is -2.06. The smallest absolute Gasteiger partial charge is 0.221 e. The summed E-state index contributed by atoms with van der Waals surface area (Å²) in [6.07, 6.45) is 2.74. The van der Waals surface area contributed by atoms with Gasteiger partial charge in [-0.3, -0.25) is 4.79 Å². The molecule has 3 rings (SSSR count). The zero-order valence-corrected chi connectivity index (χ0v) is 11.0. The summed E-state index contributed by atoms with van der Waals surface area (Å²) >= 11 is 0. The number of nitrogens with one attached hydrogen (secondary N) is 2. The lowest BCUT2D eigenvalue weighted by atomic mass is 10.3. The SMILES string of the molecule is Cn1c(NCCC(=O)NC2CC2)nc2ccccc21. The van der Waals surface area contributed by atoms with E-state index in [1.165, 1.54) is 0 Å². The van der Waals surface area contributed by atoms with Crippen molar-refractivity contribution in [3.05, 3.63) is 24.3 Å². The topological polar surface area (TPSA) is 59.0 Å². The number of hydrogen-bond donors (Lipinski definition) is 2. The summed E-state index contributed by atoms with van der Waals surface area (Å²) in [6, 6.07) is 8.43. The second kappa shape index (κ2) is 4.91. The molecule has 2 N–H and O–H groups in total. The van der Waals surface area contributed by atoms with Crippen LogP contribution in [0.15, 0.2) is 24.3 Å². The maximum Gasteiger partial charge on any atom is 0.221 e. The van der Waals surface area contributed by atoms with Gasteiger partial charge in [0.2, 0.25) is 11.9 Å². The minimum Gasteiger partial charge on any atom is -0.355 e. The Balaban J connectivity index is 1.58. The van der Waals surface area contributed by atoms with Gasteiger partial charge >= 0.3 is 0 Å². The predicted molar refractivity (Wildman–Crippen MR) is 75.0 cm³/mol. The molecule has 0 radical (unpaired) electrons. The summed E-state index contributed by atoms with van der Waals surface area (Å²) in [5, 5.41) is 6.19. The number of amides is 1. The van der Waals surface area contributed by atoms with Gasteiger partial charge in [0.05, 0.1) is 11.0 Å². The Morgan fingerprint density at radius 2 is 2.21 bits per heavy atom. The summed E-state index contributed by atoms with van der Waals surface area (Å²) in [5.41, 5.74) is 2.06. The Labute approximate surface area is 112 Å². The van der Waals surface area contributed by atoms with Crippen molar-refractivity contribution in [3.63, 3.8) is 0 Å². The molecule has 1 amide bonds. The highest BCUT2D eigenvalue weighted by molar-refractivity contribution is 5.79. The molecule has 5 heteroatoms. The van der Waals surface area contributed by atoms with Crippen LogP contribution in [0, 0.1) is 0 Å². The standard InChI is InChI=1S/C14H18N4O/c1-18-12-5-3-2-4-11(12)17-14(18)15-9-8-13(19)16-10-6-7-10/h2-5,10H,6-9H2,1H3,(H,15,17)(H,16,19). The summed E-state index contributed by atoms with van der Waals surface area (Å²) in [4.78, 5) is 16.1. The lowest BCUT2D eigenvalue weighted by Crippen LogP contribution is -2.27. The molecule has 100 valence electrons. The van der Waals surface area contributed by atoms with Crippen LogP contribution in [-0.2, 0) is 11.8 Å². The highest BCUT2D eigenvalue weighted by atomic mass is 16.1. The number of nitrogens with zero attached hydrogens (tertiary/aromatic N) is 2. The number of carbonyl (C=O) groups excluding carboxylic acids is 1. The molecule has 0 unspecified atom stereocenters. The third-order valence-corrected chi connectivity index (χ3v) is 3.36. The van der Waals surface area contributed by atoms with Crippen molar-refractivity contribution >= 4 is 22.9 Å². The molecule has 5 nitrogen and oxygen atoms in total. The maximum absolute atomic E-state index is 11.6. The van der Waals surface area contributed by atoms with E-state index < -0.39 is 0 Å². The van der Waals surface area contributed by atoms with Gasteiger partial charge in [-0.05, 0) is 25.0 Å². The first-order valence-electron chi connectivity index (χ1n) is 6.69. The minimum absolute atomic E-state index is 0.119. The number of carbonyl (C=O) groups is 1. The van der Waals surface area contributed by atoms with Crippen molar-refractivity contribution in [2.45, 2.75) is 25.3 Å². The van der Waals surface area contributed by atoms with Crippen molar-refractivity contribution in [2.75, 3.05) is 11.9 Å². The van der Waals surface area contributed by atoms with E-state index >= 15 is 0 Å². The number of fused-ring (bicyclic) bond motifs is 1. The number of imidazole rings is 1. The number of benzene rings is 1. The van der Waals surface area contributed by atoms with Gasteiger partial charge in [0, 0.05) is 26.1 Å². The average molecular weight is 258 g/mol. The molecule has 1 aromatic carbocycles. The molecule has 0 bridgehead atoms. The van der Waals surface area contributed by atoms with Gasteiger partial charge in [0.1, 0.15) is 0 Å². The molecule has 1 saturated carbocycles. The van der Waals surface area contributed by atoms with Crippen molar-refractivity contribution in [1.29, 1.82) is 0 Å². The normalized spacial score (nSPS) is 14.6. The van der Waals surface area contributed by atoms with Gasteiger partial charge in [-0.25, -0.2) is 4.98 Å². The Hall–Kier alpha value is -2.04. The first kappa shape index (κ1) is 12.0. The maximum atomic E-state index is 11.6. The molecule has 0 saturated heterocycles. The van der Waals surface area contributed by atoms with Gasteiger partial charge in [-0.1, -0.05) is 12.1 Å². The molecule has 1 heterocycles. The molecule has 1 aliphatic rings. The van der Waals surface area contributed by atoms with Crippen LogP contribution in [0.1, 0.15) is 19.3 Å². The van der Waals surface area contributed by atoms with Gasteiger partial charge in [0.25, 0.3) is 0 Å². The minimum atomic E-state index is 0.119. The molecule has 2 aromatic rings. The molecule has 1 aromatic heterocycles. The zero-order chi connectivity index (χ0) is 13.2. The van der Waals surface area contributed by atoms with Gasteiger partial charge in [0.15, 0.2) is 0 Å². The van der Waals surface area contributed by atoms with Crippen LogP contribution in [0.25, 0.3) is 11.0 Å². The van der Waals surface area contributed by atoms with Crippen molar-refractivity contribution in [3.8, 4) is 0 Å². The number of anilines is 1. The fraction of sp³-hybridized carbons (Fsp3) is 0.429. The summed E-state index contributed by atoms with van der Waals surface area (Å²) < 4.78 is 2.01. The third-order valence-electron chi connectivity index (χ3n) is 3.36. The second-order valence-electron chi connectivity index (χ2n) is 5.00. The van der Waals surface area contributed by atoms with Gasteiger partial charge in [-0.2, -0.15) is 0 Å². The number of hydrogen-bond acceptors (Lipinski definition) is 3. The Bertz CT molecular complexity index is 601. The lowest BCUT2D eigenvalue weighted by molar-refractivity contribution is -0.120. The quantitative estimate of drug-likeness (QED) is 0.857. The Kier molecular flexibility index (Phi) is 3.11. The highest BCUT2D eigenvalue weighted by Gasteiger charge is 2.22. The van der Waals surface area contributed by atoms with E-state index in [9.17, 15) is 4.79 Å². The number of para-hydroxylation sites is 2. The number of aryl methyl sites for hydroxylation is 1. The zero-order valence-electron chi connectivity index (χ0n) is 11.0. The molecule has 1 aliphatic carbocycles. The van der Waals surface area contributed by atoms with Crippen LogP contribution < -0.4 is 10.6 Å². The Morgan fingerprint density at radius 3 is 2.95 bits per heavy atom. The number of aromatic nitrogens is 2. The fourth-order valence-electron chi connectivity index (χ4n) is 2.12. The van der Waals surface area contributed by atoms with E-state index in [1.54, 1.807) is 0 Å². The highest BCUT2D eigenvalue weighted by Crippen LogP contribution is 2.19. The molecule has 1 fully saturated rings. The van der Waals surface area contributed by atoms with Crippen molar-refractivity contribution < 1.29 is 4.79 Å². The van der Waals surface area contributed by atoms with E-state index in [1.807, 2.05) is 35.9 Å². The average Bonchev–Trinajstić information content (AvgIpc) is 3.15. The largest absolute Gasteiger partial charge is 0.355 e. The van der Waals surface area contributed by atoms with Crippen LogP contribution in [-0.4, -0.2) is 28.0 Å². The van der Waals surface area contributed by atoms with Gasteiger partial charge < -0.3 is 15.2 Å². The first-order chi connectivity index (χ1) is 9.24.